The van der Waals surface area contributed by atoms with Gasteiger partial charge in [-0.3, -0.25) is 0 Å². The molecule has 0 fully saturated rings. The predicted molar refractivity (Wildman–Crippen MR) is 82.6 cm³/mol. The van der Waals surface area contributed by atoms with Gasteiger partial charge in [0.05, 0.1) is 0 Å². The van der Waals surface area contributed by atoms with E-state index in [2.05, 4.69) is 65.1 Å². The fraction of sp³-hybridized carbons (Fsp3) is 0.500. The SMILES string of the molecule is CC#CCCC(NCCC)c1cc(Br)ccc1C. The van der Waals surface area contributed by atoms with Crippen LogP contribution in [0.1, 0.15) is 50.3 Å². The highest BCUT2D eigenvalue weighted by atomic mass is 79.9. The van der Waals surface area contributed by atoms with Crippen molar-refractivity contribution in [2.24, 2.45) is 0 Å². The molecule has 1 aromatic carbocycles. The Bertz CT molecular complexity index is 428. The molecule has 0 aliphatic carbocycles. The molecule has 18 heavy (non-hydrogen) atoms. The highest BCUT2D eigenvalue weighted by Crippen LogP contribution is 2.25. The largest absolute Gasteiger partial charge is 0.310 e. The molecule has 0 spiro atoms. The molecule has 2 heteroatoms. The van der Waals surface area contributed by atoms with Crippen LogP contribution < -0.4 is 5.32 Å². The summed E-state index contributed by atoms with van der Waals surface area (Å²) in [6.45, 7) is 7.33. The van der Waals surface area contributed by atoms with Crippen molar-refractivity contribution in [2.45, 2.75) is 46.1 Å². The van der Waals surface area contributed by atoms with Crippen LogP contribution in [0.25, 0.3) is 0 Å². The van der Waals surface area contributed by atoms with Gasteiger partial charge in [0.1, 0.15) is 0 Å². The van der Waals surface area contributed by atoms with Crippen molar-refractivity contribution < 1.29 is 0 Å². The van der Waals surface area contributed by atoms with Crippen LogP contribution in [0.4, 0.5) is 0 Å². The second-order valence-corrected chi connectivity index (χ2v) is 5.39. The van der Waals surface area contributed by atoms with E-state index in [-0.39, 0.29) is 0 Å². The smallest absolute Gasteiger partial charge is 0.0332 e. The van der Waals surface area contributed by atoms with E-state index in [1.165, 1.54) is 11.1 Å². The molecule has 0 heterocycles. The lowest BCUT2D eigenvalue weighted by molar-refractivity contribution is 0.503. The van der Waals surface area contributed by atoms with E-state index in [4.69, 9.17) is 0 Å². The van der Waals surface area contributed by atoms with E-state index in [1.54, 1.807) is 0 Å². The maximum atomic E-state index is 3.62. The third-order valence-electron chi connectivity index (χ3n) is 2.99. The van der Waals surface area contributed by atoms with Crippen LogP contribution in [0.2, 0.25) is 0 Å². The third kappa shape index (κ3) is 4.84. The number of hydrogen-bond acceptors (Lipinski definition) is 1. The fourth-order valence-corrected chi connectivity index (χ4v) is 2.39. The first kappa shape index (κ1) is 15.3. The molecular weight excluding hydrogens is 286 g/mol. The maximum Gasteiger partial charge on any atom is 0.0332 e. The number of nitrogens with one attached hydrogen (secondary N) is 1. The van der Waals surface area contributed by atoms with Gasteiger partial charge >= 0.3 is 0 Å². The summed E-state index contributed by atoms with van der Waals surface area (Å²) < 4.78 is 1.15. The molecule has 0 saturated carbocycles. The molecule has 1 N–H and O–H groups in total. The van der Waals surface area contributed by atoms with E-state index in [1.807, 2.05) is 6.92 Å². The van der Waals surface area contributed by atoms with Crippen LogP contribution >= 0.6 is 15.9 Å². The summed E-state index contributed by atoms with van der Waals surface area (Å²) >= 11 is 3.56. The monoisotopic (exact) mass is 307 g/mol. The second kappa shape index (κ2) is 8.34. The summed E-state index contributed by atoms with van der Waals surface area (Å²) in [6, 6.07) is 6.90. The van der Waals surface area contributed by atoms with E-state index in [0.29, 0.717) is 6.04 Å². The van der Waals surface area contributed by atoms with Crippen molar-refractivity contribution in [3.05, 3.63) is 33.8 Å². The minimum absolute atomic E-state index is 0.406. The van der Waals surface area contributed by atoms with Gasteiger partial charge in [0.25, 0.3) is 0 Å². The Hall–Kier alpha value is -0.780. The number of aryl methyl sites for hydroxylation is 1. The molecular formula is C16H22BrN. The van der Waals surface area contributed by atoms with Gasteiger partial charge in [0.15, 0.2) is 0 Å². The molecule has 1 atom stereocenters. The molecule has 1 aromatic rings. The molecule has 1 unspecified atom stereocenters. The number of rotatable bonds is 6. The fourth-order valence-electron chi connectivity index (χ4n) is 2.01. The molecule has 0 aromatic heterocycles. The first-order chi connectivity index (χ1) is 8.69. The van der Waals surface area contributed by atoms with E-state index < -0.39 is 0 Å². The maximum absolute atomic E-state index is 3.62. The standard InChI is InChI=1S/C16H22BrN/c1-4-6-7-8-16(18-11-5-2)15-12-14(17)10-9-13(15)3/h9-10,12,16,18H,5,7-8,11H2,1-3H3. The topological polar surface area (TPSA) is 12.0 Å². The lowest BCUT2D eigenvalue weighted by Crippen LogP contribution is -2.22. The number of benzene rings is 1. The van der Waals surface area contributed by atoms with Crippen molar-refractivity contribution in [3.8, 4) is 11.8 Å². The molecule has 98 valence electrons. The minimum Gasteiger partial charge on any atom is -0.310 e. The van der Waals surface area contributed by atoms with E-state index in [0.717, 1.165) is 30.3 Å². The van der Waals surface area contributed by atoms with Gasteiger partial charge in [-0.1, -0.05) is 28.9 Å². The predicted octanol–water partition coefficient (Wildman–Crippen LogP) is 4.60. The quantitative estimate of drug-likeness (QED) is 0.757. The Morgan fingerprint density at radius 2 is 2.17 bits per heavy atom. The molecule has 0 aliphatic rings. The zero-order valence-electron chi connectivity index (χ0n) is 11.5. The molecule has 0 amide bonds. The van der Waals surface area contributed by atoms with Crippen LogP contribution in [-0.4, -0.2) is 6.54 Å². The summed E-state index contributed by atoms with van der Waals surface area (Å²) in [5.74, 6) is 6.13. The average molecular weight is 308 g/mol. The van der Waals surface area contributed by atoms with Crippen molar-refractivity contribution in [3.63, 3.8) is 0 Å². The zero-order valence-corrected chi connectivity index (χ0v) is 13.1. The molecule has 0 bridgehead atoms. The lowest BCUT2D eigenvalue weighted by Gasteiger charge is -2.20. The summed E-state index contributed by atoms with van der Waals surface area (Å²) in [6.07, 6.45) is 3.17. The Balaban J connectivity index is 2.84. The Kier molecular flexibility index (Phi) is 7.08. The average Bonchev–Trinajstić information content (AvgIpc) is 2.37. The zero-order chi connectivity index (χ0) is 13.4. The third-order valence-corrected chi connectivity index (χ3v) is 3.49. The molecule has 1 rings (SSSR count). The van der Waals surface area contributed by atoms with Crippen molar-refractivity contribution in [1.82, 2.24) is 5.32 Å². The molecule has 0 aliphatic heterocycles. The number of hydrogen-bond donors (Lipinski definition) is 1. The van der Waals surface area contributed by atoms with Gasteiger partial charge in [-0.05, 0) is 56.5 Å². The van der Waals surface area contributed by atoms with Crippen LogP contribution in [0.15, 0.2) is 22.7 Å². The minimum atomic E-state index is 0.406. The Morgan fingerprint density at radius 1 is 1.39 bits per heavy atom. The molecule has 0 saturated heterocycles. The van der Waals surface area contributed by atoms with Gasteiger partial charge in [0, 0.05) is 16.9 Å². The van der Waals surface area contributed by atoms with Gasteiger partial charge in [-0.25, -0.2) is 0 Å². The summed E-state index contributed by atoms with van der Waals surface area (Å²) in [4.78, 5) is 0. The van der Waals surface area contributed by atoms with Crippen molar-refractivity contribution in [2.75, 3.05) is 6.54 Å². The highest BCUT2D eigenvalue weighted by molar-refractivity contribution is 9.10. The van der Waals surface area contributed by atoms with Crippen molar-refractivity contribution in [1.29, 1.82) is 0 Å². The lowest BCUT2D eigenvalue weighted by atomic mass is 9.97. The summed E-state index contributed by atoms with van der Waals surface area (Å²) in [7, 11) is 0. The second-order valence-electron chi connectivity index (χ2n) is 4.47. The van der Waals surface area contributed by atoms with Gasteiger partial charge in [-0.15, -0.1) is 11.8 Å². The van der Waals surface area contributed by atoms with E-state index in [9.17, 15) is 0 Å². The summed E-state index contributed by atoms with van der Waals surface area (Å²) in [5, 5.41) is 3.62. The van der Waals surface area contributed by atoms with Crippen LogP contribution in [-0.2, 0) is 0 Å². The first-order valence-electron chi connectivity index (χ1n) is 6.58. The first-order valence-corrected chi connectivity index (χ1v) is 7.37. The molecule has 0 radical (unpaired) electrons. The normalized spacial score (nSPS) is 11.8. The van der Waals surface area contributed by atoms with Crippen molar-refractivity contribution >= 4 is 15.9 Å². The number of halogens is 1. The van der Waals surface area contributed by atoms with Gasteiger partial charge in [0.2, 0.25) is 0 Å². The van der Waals surface area contributed by atoms with Crippen LogP contribution in [0.3, 0.4) is 0 Å². The summed E-state index contributed by atoms with van der Waals surface area (Å²) in [5.41, 5.74) is 2.73. The van der Waals surface area contributed by atoms with Gasteiger partial charge < -0.3 is 5.32 Å². The van der Waals surface area contributed by atoms with Gasteiger partial charge in [-0.2, -0.15) is 0 Å². The Labute approximate surface area is 119 Å². The van der Waals surface area contributed by atoms with Crippen LogP contribution in [0.5, 0.6) is 0 Å². The van der Waals surface area contributed by atoms with E-state index >= 15 is 0 Å². The Morgan fingerprint density at radius 3 is 2.83 bits per heavy atom. The molecule has 1 nitrogen and oxygen atoms in total. The highest BCUT2D eigenvalue weighted by Gasteiger charge is 2.12. The van der Waals surface area contributed by atoms with Crippen LogP contribution in [0, 0.1) is 18.8 Å².